The molecule has 0 bridgehead atoms. The average molecular weight is 375 g/mol. The van der Waals surface area contributed by atoms with Gasteiger partial charge in [-0.05, 0) is 42.8 Å². The fraction of sp³-hybridized carbons (Fsp3) is 0.182. The van der Waals surface area contributed by atoms with Crippen LogP contribution in [0.4, 0.5) is 11.4 Å². The van der Waals surface area contributed by atoms with Gasteiger partial charge in [0.05, 0.1) is 31.2 Å². The summed E-state index contributed by atoms with van der Waals surface area (Å²) in [6.45, 7) is 1.98. The summed E-state index contributed by atoms with van der Waals surface area (Å²) >= 11 is 0. The minimum atomic E-state index is -0.467. The van der Waals surface area contributed by atoms with Gasteiger partial charge < -0.3 is 14.8 Å². The summed E-state index contributed by atoms with van der Waals surface area (Å²) in [6, 6.07) is 16.8. The molecule has 1 aliphatic heterocycles. The van der Waals surface area contributed by atoms with E-state index in [9.17, 15) is 4.79 Å². The van der Waals surface area contributed by atoms with E-state index in [1.165, 1.54) is 0 Å². The summed E-state index contributed by atoms with van der Waals surface area (Å²) in [5.41, 5.74) is 3.80. The SMILES string of the molecule is COc1ccc(N2C(=O)c3ccccc3NC2c2ncccc2C)c(OC)c1. The number of fused-ring (bicyclic) bond motifs is 1. The normalized spacial score (nSPS) is 15.6. The maximum atomic E-state index is 13.5. The molecule has 6 heteroatoms. The van der Waals surface area contributed by atoms with E-state index < -0.39 is 6.17 Å². The number of carbonyl (C=O) groups excluding carboxylic acids is 1. The van der Waals surface area contributed by atoms with Crippen LogP contribution < -0.4 is 19.7 Å². The van der Waals surface area contributed by atoms with E-state index in [-0.39, 0.29) is 5.91 Å². The fourth-order valence-corrected chi connectivity index (χ4v) is 3.46. The third kappa shape index (κ3) is 2.93. The number of ether oxygens (including phenoxy) is 2. The zero-order valence-corrected chi connectivity index (χ0v) is 16.0. The second-order valence-corrected chi connectivity index (χ2v) is 6.51. The summed E-state index contributed by atoms with van der Waals surface area (Å²) in [4.78, 5) is 19.7. The highest BCUT2D eigenvalue weighted by Crippen LogP contribution is 2.41. The van der Waals surface area contributed by atoms with E-state index in [0.29, 0.717) is 22.7 Å². The van der Waals surface area contributed by atoms with E-state index in [1.807, 2.05) is 55.5 Å². The molecule has 1 amide bonds. The molecule has 3 aromatic rings. The molecule has 1 unspecified atom stereocenters. The molecule has 0 saturated heterocycles. The van der Waals surface area contributed by atoms with Crippen LogP contribution in [0.1, 0.15) is 27.8 Å². The number of pyridine rings is 1. The second kappa shape index (κ2) is 7.23. The number of nitrogens with zero attached hydrogens (tertiary/aromatic N) is 2. The predicted octanol–water partition coefficient (Wildman–Crippen LogP) is 4.18. The molecule has 0 saturated carbocycles. The molecule has 142 valence electrons. The Bertz CT molecular complexity index is 1040. The largest absolute Gasteiger partial charge is 0.497 e. The Kier molecular flexibility index (Phi) is 4.61. The molecule has 0 aliphatic carbocycles. The lowest BCUT2D eigenvalue weighted by atomic mass is 10.0. The first kappa shape index (κ1) is 17.9. The zero-order valence-electron chi connectivity index (χ0n) is 16.0. The lowest BCUT2D eigenvalue weighted by molar-refractivity contribution is 0.0973. The van der Waals surface area contributed by atoms with Crippen molar-refractivity contribution in [1.29, 1.82) is 0 Å². The quantitative estimate of drug-likeness (QED) is 0.741. The molecular formula is C22H21N3O3. The summed E-state index contributed by atoms with van der Waals surface area (Å²) in [7, 11) is 3.17. The fourth-order valence-electron chi connectivity index (χ4n) is 3.46. The average Bonchev–Trinajstić information content (AvgIpc) is 2.74. The van der Waals surface area contributed by atoms with Crippen LogP contribution in [-0.2, 0) is 0 Å². The summed E-state index contributed by atoms with van der Waals surface area (Å²) in [5, 5.41) is 3.47. The van der Waals surface area contributed by atoms with Crippen molar-refractivity contribution < 1.29 is 14.3 Å². The maximum Gasteiger partial charge on any atom is 0.262 e. The molecule has 0 fully saturated rings. The highest BCUT2D eigenvalue weighted by atomic mass is 16.5. The lowest BCUT2D eigenvalue weighted by Gasteiger charge is -2.38. The molecular weight excluding hydrogens is 354 g/mol. The Morgan fingerprint density at radius 1 is 1.04 bits per heavy atom. The molecule has 2 aromatic carbocycles. The Hall–Kier alpha value is -3.54. The first-order valence-electron chi connectivity index (χ1n) is 8.96. The monoisotopic (exact) mass is 375 g/mol. The van der Waals surface area contributed by atoms with Crippen LogP contribution in [0, 0.1) is 6.92 Å². The van der Waals surface area contributed by atoms with Crippen molar-refractivity contribution in [2.45, 2.75) is 13.1 Å². The number of methoxy groups -OCH3 is 2. The van der Waals surface area contributed by atoms with Gasteiger partial charge in [-0.2, -0.15) is 0 Å². The van der Waals surface area contributed by atoms with Gasteiger partial charge in [-0.1, -0.05) is 18.2 Å². The van der Waals surface area contributed by atoms with Crippen molar-refractivity contribution in [2.75, 3.05) is 24.4 Å². The van der Waals surface area contributed by atoms with Crippen LogP contribution >= 0.6 is 0 Å². The molecule has 1 aromatic heterocycles. The van der Waals surface area contributed by atoms with E-state index in [1.54, 1.807) is 31.4 Å². The van der Waals surface area contributed by atoms with Crippen LogP contribution in [0.3, 0.4) is 0 Å². The number of aromatic nitrogens is 1. The molecule has 1 aliphatic rings. The third-order valence-electron chi connectivity index (χ3n) is 4.88. The number of amides is 1. The number of anilines is 2. The number of hydrogen-bond donors (Lipinski definition) is 1. The van der Waals surface area contributed by atoms with Crippen LogP contribution in [-0.4, -0.2) is 25.1 Å². The first-order valence-corrected chi connectivity index (χ1v) is 8.96. The smallest absolute Gasteiger partial charge is 0.262 e. The number of rotatable bonds is 4. The van der Waals surface area contributed by atoms with Gasteiger partial charge in [-0.25, -0.2) is 0 Å². The van der Waals surface area contributed by atoms with E-state index >= 15 is 0 Å². The van der Waals surface area contributed by atoms with Crippen molar-refractivity contribution in [3.63, 3.8) is 0 Å². The standard InChI is InChI=1S/C22H21N3O3/c1-14-7-6-12-23-20(14)21-24-17-9-5-4-8-16(17)22(26)25(21)18-11-10-15(27-2)13-19(18)28-3/h4-13,21,24H,1-3H3. The number of para-hydroxylation sites is 1. The maximum absolute atomic E-state index is 13.5. The molecule has 1 atom stereocenters. The van der Waals surface area contributed by atoms with Gasteiger partial charge in [0.15, 0.2) is 6.17 Å². The molecule has 0 radical (unpaired) electrons. The number of benzene rings is 2. The lowest BCUT2D eigenvalue weighted by Crippen LogP contribution is -2.44. The molecule has 28 heavy (non-hydrogen) atoms. The topological polar surface area (TPSA) is 63.7 Å². The second-order valence-electron chi connectivity index (χ2n) is 6.51. The van der Waals surface area contributed by atoms with Gasteiger partial charge in [-0.3, -0.25) is 14.7 Å². The highest BCUT2D eigenvalue weighted by molar-refractivity contribution is 6.12. The molecule has 1 N–H and O–H groups in total. The van der Waals surface area contributed by atoms with Gasteiger partial charge in [0.25, 0.3) is 5.91 Å². The number of nitrogens with one attached hydrogen (secondary N) is 1. The first-order chi connectivity index (χ1) is 13.6. The van der Waals surface area contributed by atoms with Crippen LogP contribution in [0.2, 0.25) is 0 Å². The minimum Gasteiger partial charge on any atom is -0.497 e. The zero-order chi connectivity index (χ0) is 19.7. The molecule has 2 heterocycles. The highest BCUT2D eigenvalue weighted by Gasteiger charge is 2.36. The Balaban J connectivity index is 1.91. The third-order valence-corrected chi connectivity index (χ3v) is 4.88. The van der Waals surface area contributed by atoms with Gasteiger partial charge in [0.1, 0.15) is 11.5 Å². The van der Waals surface area contributed by atoms with Gasteiger partial charge in [-0.15, -0.1) is 0 Å². The van der Waals surface area contributed by atoms with Crippen LogP contribution in [0.25, 0.3) is 0 Å². The molecule has 0 spiro atoms. The molecule has 4 rings (SSSR count). The van der Waals surface area contributed by atoms with Crippen molar-refractivity contribution in [2.24, 2.45) is 0 Å². The van der Waals surface area contributed by atoms with Gasteiger partial charge >= 0.3 is 0 Å². The van der Waals surface area contributed by atoms with Gasteiger partial charge in [0, 0.05) is 18.0 Å². The summed E-state index contributed by atoms with van der Waals surface area (Å²) in [6.07, 6.45) is 1.27. The number of aryl methyl sites for hydroxylation is 1. The van der Waals surface area contributed by atoms with E-state index in [0.717, 1.165) is 16.9 Å². The predicted molar refractivity (Wildman–Crippen MR) is 108 cm³/mol. The van der Waals surface area contributed by atoms with Crippen LogP contribution in [0.15, 0.2) is 60.8 Å². The van der Waals surface area contributed by atoms with Crippen molar-refractivity contribution in [3.8, 4) is 11.5 Å². The number of carbonyl (C=O) groups is 1. The van der Waals surface area contributed by atoms with Crippen molar-refractivity contribution in [1.82, 2.24) is 4.98 Å². The summed E-state index contributed by atoms with van der Waals surface area (Å²) < 4.78 is 10.9. The Morgan fingerprint density at radius 3 is 2.61 bits per heavy atom. The number of hydrogen-bond acceptors (Lipinski definition) is 5. The Morgan fingerprint density at radius 2 is 1.86 bits per heavy atom. The minimum absolute atomic E-state index is 0.118. The summed E-state index contributed by atoms with van der Waals surface area (Å²) in [5.74, 6) is 1.09. The van der Waals surface area contributed by atoms with E-state index in [4.69, 9.17) is 9.47 Å². The van der Waals surface area contributed by atoms with Crippen molar-refractivity contribution >= 4 is 17.3 Å². The van der Waals surface area contributed by atoms with E-state index in [2.05, 4.69) is 10.3 Å². The Labute approximate surface area is 163 Å². The van der Waals surface area contributed by atoms with Crippen molar-refractivity contribution in [3.05, 3.63) is 77.6 Å². The van der Waals surface area contributed by atoms with Gasteiger partial charge in [0.2, 0.25) is 0 Å². The van der Waals surface area contributed by atoms with Crippen LogP contribution in [0.5, 0.6) is 11.5 Å². The molecule has 6 nitrogen and oxygen atoms in total.